The van der Waals surface area contributed by atoms with Crippen LogP contribution < -0.4 is 40.6 Å². The first-order valence-electron chi connectivity index (χ1n) is 44.5. The molecule has 10 atom stereocenters. The average Bonchev–Trinajstić information content (AvgIpc) is 1.19. The predicted molar refractivity (Wildman–Crippen MR) is 435 cm³/mol. The van der Waals surface area contributed by atoms with Gasteiger partial charge in [-0.15, -0.1) is 0 Å². The topological polar surface area (TPSA) is 421 Å². The maximum atomic E-state index is 12.9. The van der Waals surface area contributed by atoms with Crippen molar-refractivity contribution >= 4 is 73.1 Å². The quantitative estimate of drug-likeness (QED) is 0.160. The standard InChI is InChI=1S/C22H35N3O5.C22H36N2O4.2C21H34N2O4.3CO2.Na.H2O/c1-21(2,3)30-19(27)24(4)16-5-6-25(12-16)20(28)29-17-14-7-13-8-15(17)11-22(9-13,10-14)18(23)26;1-21(2,3)28-19(25)23(5)17-6-7-24(13-17)20(26)27-18-15-8-14-9-16(18)12-22(4,10-14)11-15;1-20(2,3)27-18(24)22-16-5-6-23(12-16)19(25)26-17-14-7-13-8-15(17)11-21(4,9-13)10-14;1-21(2,3)27-19(24)22(4)17-5-6-23(12-17)20(25)26-18-15-8-13-7-14(10-15)11-16(18)9-13;3*2-1-3;;/h13-17H,5-12H2,1-4H3,(H2,23,26);14-18H,6-13H2,1-5H3;13-17H,5-12H2,1-4H3,(H,22,24);13-18H,5-12H2,1-4H3;;;;;1H2/q;;;;;;;+1;/p-1/t13?,14?,15?,16-,17?,22?;14?,15?,16?,17-,18?,22?;13?,14?,15?,16-,17?,21?;13?,14?,15?,16?,17-,18?;;;;;/m1111...../s1. The molecule has 9 amide bonds. The Kier molecular flexibility index (Phi) is 33.9. The summed E-state index contributed by atoms with van der Waals surface area (Å²) < 4.78 is 45.8. The first-order chi connectivity index (χ1) is 56.5. The molecule has 16 aliphatic carbocycles. The van der Waals surface area contributed by atoms with Crippen molar-refractivity contribution in [2.45, 2.75) is 322 Å². The normalized spacial score (nSPS) is 35.2. The smallest absolute Gasteiger partial charge is 0.870 e. The Balaban J connectivity index is 0.000000196. The molecular weight excluding hydrogens is 1600 g/mol. The third kappa shape index (κ3) is 26.2. The number of nitrogens with zero attached hydrogens (tertiary/aromatic N) is 7. The van der Waals surface area contributed by atoms with Crippen LogP contribution in [0, 0.1) is 93.2 Å². The third-order valence-electron chi connectivity index (χ3n) is 28.9. The molecule has 0 radical (unpaired) electrons. The summed E-state index contributed by atoms with van der Waals surface area (Å²) in [6.07, 6.45) is 24.9. The number of hydrogen-bond acceptors (Lipinski definition) is 24. The summed E-state index contributed by atoms with van der Waals surface area (Å²) >= 11 is 0. The minimum absolute atomic E-state index is 0. The zero-order chi connectivity index (χ0) is 89.0. The van der Waals surface area contributed by atoms with Crippen LogP contribution in [-0.2, 0) is 71.5 Å². The van der Waals surface area contributed by atoms with Crippen LogP contribution in [0.25, 0.3) is 0 Å². The minimum Gasteiger partial charge on any atom is -0.870 e. The van der Waals surface area contributed by atoms with Crippen molar-refractivity contribution in [1.29, 1.82) is 0 Å². The number of likely N-dealkylation sites (tertiary alicyclic amines) is 4. The molecule has 0 aromatic heterocycles. The van der Waals surface area contributed by atoms with Crippen LogP contribution >= 0.6 is 0 Å². The Morgan fingerprint density at radius 2 is 0.610 bits per heavy atom. The van der Waals surface area contributed by atoms with E-state index < -0.39 is 28.5 Å². The number of nitrogens with one attached hydrogen (secondary N) is 1. The molecule has 33 nitrogen and oxygen atoms in total. The van der Waals surface area contributed by atoms with Crippen LogP contribution in [0.15, 0.2) is 0 Å². The monoisotopic (exact) mass is 1740 g/mol. The molecule has 16 saturated carbocycles. The summed E-state index contributed by atoms with van der Waals surface area (Å²) in [6.45, 7) is 31.5. The van der Waals surface area contributed by atoms with E-state index >= 15 is 0 Å². The molecule has 123 heavy (non-hydrogen) atoms. The van der Waals surface area contributed by atoms with Gasteiger partial charge in [0.15, 0.2) is 0 Å². The molecule has 20 fully saturated rings. The second-order valence-electron chi connectivity index (χ2n) is 43.3. The molecular formula is C89H140N9NaO24. The fraction of sp³-hybridized carbons (Fsp3) is 0.865. The molecule has 686 valence electrons. The molecule has 16 bridgehead atoms. The number of primary amides is 1. The van der Waals surface area contributed by atoms with Crippen LogP contribution in [0.5, 0.6) is 0 Å². The molecule has 0 aromatic carbocycles. The van der Waals surface area contributed by atoms with Crippen molar-refractivity contribution in [3.63, 3.8) is 0 Å². The Bertz CT molecular complexity index is 3700. The Morgan fingerprint density at radius 3 is 0.886 bits per heavy atom. The molecule has 20 aliphatic rings. The number of hydrogen-bond donors (Lipinski definition) is 2. The van der Waals surface area contributed by atoms with Crippen LogP contribution in [0.3, 0.4) is 0 Å². The zero-order valence-electron chi connectivity index (χ0n) is 76.3. The van der Waals surface area contributed by atoms with Gasteiger partial charge in [-0.2, -0.15) is 28.8 Å². The molecule has 34 heteroatoms. The van der Waals surface area contributed by atoms with Crippen LogP contribution in [0.2, 0.25) is 0 Å². The molecule has 0 aromatic rings. The van der Waals surface area contributed by atoms with Gasteiger partial charge in [-0.3, -0.25) is 4.79 Å². The average molecular weight is 1740 g/mol. The molecule has 4 N–H and O–H groups in total. The van der Waals surface area contributed by atoms with Gasteiger partial charge in [0.1, 0.15) is 46.8 Å². The predicted octanol–water partition coefficient (Wildman–Crippen LogP) is 9.93. The third-order valence-corrected chi connectivity index (χ3v) is 28.9. The van der Waals surface area contributed by atoms with Gasteiger partial charge in [-0.25, -0.2) is 38.4 Å². The second-order valence-corrected chi connectivity index (χ2v) is 43.3. The number of likely N-dealkylation sites (N-methyl/N-ethyl adjacent to an activating group) is 3. The van der Waals surface area contributed by atoms with Crippen molar-refractivity contribution in [3.05, 3.63) is 0 Å². The summed E-state index contributed by atoms with van der Waals surface area (Å²) in [4.78, 5) is 173. The van der Waals surface area contributed by atoms with Crippen LogP contribution in [-0.4, -0.2) is 257 Å². The van der Waals surface area contributed by atoms with Crippen molar-refractivity contribution in [3.8, 4) is 0 Å². The Morgan fingerprint density at radius 1 is 0.358 bits per heavy atom. The van der Waals surface area contributed by atoms with Gasteiger partial charge in [-0.1, -0.05) is 13.8 Å². The molecule has 20 rings (SSSR count). The van der Waals surface area contributed by atoms with E-state index in [-0.39, 0.29) is 168 Å². The van der Waals surface area contributed by atoms with E-state index in [0.29, 0.717) is 111 Å². The first kappa shape index (κ1) is 101. The number of alkyl carbamates (subject to hydrolysis) is 1. The number of nitrogens with two attached hydrogens (primary N) is 1. The van der Waals surface area contributed by atoms with Gasteiger partial charge < -0.3 is 88.7 Å². The Hall–Kier alpha value is -7.27. The van der Waals surface area contributed by atoms with Gasteiger partial charge in [0.25, 0.3) is 0 Å². The number of amides is 9. The summed E-state index contributed by atoms with van der Waals surface area (Å²) in [5.41, 5.74) is 4.23. The van der Waals surface area contributed by atoms with Crippen molar-refractivity contribution < 1.29 is 145 Å². The number of rotatable bonds is 9. The largest absolute Gasteiger partial charge is 1.00 e. The fourth-order valence-corrected chi connectivity index (χ4v) is 25.1. The van der Waals surface area contributed by atoms with Crippen molar-refractivity contribution in [1.82, 2.24) is 39.6 Å². The fourth-order valence-electron chi connectivity index (χ4n) is 25.1. The maximum absolute atomic E-state index is 12.9. The zero-order valence-corrected chi connectivity index (χ0v) is 78.3. The van der Waals surface area contributed by atoms with E-state index in [1.54, 1.807) is 55.4 Å². The molecule has 4 aliphatic heterocycles. The summed E-state index contributed by atoms with van der Waals surface area (Å²) in [5, 5.41) is 2.87. The maximum Gasteiger partial charge on any atom is 1.00 e. The van der Waals surface area contributed by atoms with E-state index in [9.17, 15) is 43.2 Å². The van der Waals surface area contributed by atoms with Gasteiger partial charge >= 0.3 is 96.8 Å². The van der Waals surface area contributed by atoms with E-state index in [4.69, 9.17) is 72.4 Å². The van der Waals surface area contributed by atoms with Crippen LogP contribution in [0.4, 0.5) is 38.4 Å². The van der Waals surface area contributed by atoms with E-state index in [0.717, 1.165) is 75.0 Å². The second kappa shape index (κ2) is 41.2. The summed E-state index contributed by atoms with van der Waals surface area (Å²) in [5.74, 6) is 7.59. The van der Waals surface area contributed by atoms with Crippen molar-refractivity contribution in [2.24, 2.45) is 98.9 Å². The first-order valence-corrected chi connectivity index (χ1v) is 44.5. The van der Waals surface area contributed by atoms with Crippen molar-refractivity contribution in [2.75, 3.05) is 73.5 Å². The van der Waals surface area contributed by atoms with Gasteiger partial charge in [0.2, 0.25) is 5.91 Å². The minimum atomic E-state index is -0.551. The molecule has 6 unspecified atom stereocenters. The Labute approximate surface area is 747 Å². The van der Waals surface area contributed by atoms with E-state index in [2.05, 4.69) is 19.2 Å². The van der Waals surface area contributed by atoms with Crippen LogP contribution in [0.1, 0.15) is 251 Å². The molecule has 4 saturated heterocycles. The van der Waals surface area contributed by atoms with Gasteiger partial charge in [0.05, 0.1) is 29.6 Å². The van der Waals surface area contributed by atoms with E-state index in [1.807, 2.05) is 83.1 Å². The summed E-state index contributed by atoms with van der Waals surface area (Å²) in [7, 11) is 5.23. The summed E-state index contributed by atoms with van der Waals surface area (Å²) in [6, 6.07) is -0.167. The van der Waals surface area contributed by atoms with Gasteiger partial charge in [0, 0.05) is 73.5 Å². The number of carbonyl (C=O) groups is 9. The molecule has 4 heterocycles. The van der Waals surface area contributed by atoms with E-state index in [1.165, 1.54) is 96.3 Å². The number of ether oxygens (including phenoxy) is 8. The molecule has 0 spiro atoms. The number of carbonyl (C=O) groups excluding carboxylic acids is 15. The van der Waals surface area contributed by atoms with Gasteiger partial charge in [-0.05, 0) is 325 Å². The SMILES string of the molecule is CC12CC3CC(C1)C(OC(=O)N1CC[C@@H](NC(=O)OC(C)(C)C)C1)C(C3)C2.CN(C(=O)OC(C)(C)C)[C@@H]1CCN(C(=O)OC2C3CC4CC(C3)CC2C4)C1.CN(C(=O)OC(C)(C)C)[C@@H]1CCN(C(=O)OC2C3CC4CC2CC(C(N)=O)(C4)C3)C1.CN(C(=O)OC(C)(C)C)[C@@H]1CCN(C(=O)OC2C3CC4CC2CC(C)(C4)C3)C1.O=C=O.O=C=O.O=C=O.[Na+].[OH-].